The number of hydrogen-bond acceptors (Lipinski definition) is 4. The van der Waals surface area contributed by atoms with Crippen molar-refractivity contribution >= 4 is 11.4 Å². The van der Waals surface area contributed by atoms with Crippen molar-refractivity contribution in [2.75, 3.05) is 30.9 Å². The molecule has 0 saturated carbocycles. The minimum Gasteiger partial charge on any atom is -0.394 e. The number of aliphatic hydroxyl groups excluding tert-OH is 1. The fourth-order valence-corrected chi connectivity index (χ4v) is 2.29. The molecule has 1 heterocycles. The van der Waals surface area contributed by atoms with Gasteiger partial charge in [0, 0.05) is 26.0 Å². The smallest absolute Gasteiger partial charge is 0.0731 e. The Kier molecular flexibility index (Phi) is 5.22. The molecule has 2 aromatic rings. The summed E-state index contributed by atoms with van der Waals surface area (Å²) in [7, 11) is 4.08. The predicted molar refractivity (Wildman–Crippen MR) is 86.7 cm³/mol. The first-order valence-electron chi connectivity index (χ1n) is 7.31. The number of aromatic nitrogens is 2. The van der Waals surface area contributed by atoms with Crippen molar-refractivity contribution in [3.63, 3.8) is 0 Å². The van der Waals surface area contributed by atoms with E-state index in [0.717, 1.165) is 12.1 Å². The number of aliphatic hydroxyl groups is 1. The van der Waals surface area contributed by atoms with Gasteiger partial charge in [0.15, 0.2) is 0 Å². The minimum absolute atomic E-state index is 0.102. The molecule has 1 aromatic heterocycles. The zero-order chi connectivity index (χ0) is 15.2. The van der Waals surface area contributed by atoms with Crippen LogP contribution in [-0.2, 0) is 6.54 Å². The molecule has 0 aliphatic heterocycles. The lowest BCUT2D eigenvalue weighted by atomic mass is 10.0. The Morgan fingerprint density at radius 3 is 2.57 bits per heavy atom. The highest BCUT2D eigenvalue weighted by Crippen LogP contribution is 2.24. The topological polar surface area (TPSA) is 53.3 Å². The summed E-state index contributed by atoms with van der Waals surface area (Å²) in [4.78, 5) is 2.09. The minimum atomic E-state index is 0.102. The molecule has 1 aromatic carbocycles. The number of hydrogen-bond donors (Lipinski definition) is 2. The second kappa shape index (κ2) is 7.13. The third-order valence-electron chi connectivity index (χ3n) is 3.52. The van der Waals surface area contributed by atoms with Crippen LogP contribution in [0.25, 0.3) is 0 Å². The molecule has 1 atom stereocenters. The Bertz CT molecular complexity index is 548. The average molecular weight is 288 g/mol. The van der Waals surface area contributed by atoms with E-state index in [-0.39, 0.29) is 12.6 Å². The van der Waals surface area contributed by atoms with Crippen LogP contribution in [0.3, 0.4) is 0 Å². The molecule has 0 bridgehead atoms. The zero-order valence-corrected chi connectivity index (χ0v) is 13.0. The summed E-state index contributed by atoms with van der Waals surface area (Å²) in [6.45, 7) is 2.79. The average Bonchev–Trinajstić information content (AvgIpc) is 2.92. The van der Waals surface area contributed by atoms with Crippen molar-refractivity contribution in [2.45, 2.75) is 25.9 Å². The van der Waals surface area contributed by atoms with Gasteiger partial charge in [-0.15, -0.1) is 0 Å². The van der Waals surface area contributed by atoms with E-state index in [2.05, 4.69) is 46.5 Å². The number of nitrogens with zero attached hydrogens (tertiary/aromatic N) is 3. The van der Waals surface area contributed by atoms with E-state index in [9.17, 15) is 0 Å². The first kappa shape index (κ1) is 15.4. The second-order valence-corrected chi connectivity index (χ2v) is 5.31. The van der Waals surface area contributed by atoms with E-state index in [4.69, 9.17) is 5.11 Å². The molecule has 2 rings (SSSR count). The van der Waals surface area contributed by atoms with E-state index >= 15 is 0 Å². The largest absolute Gasteiger partial charge is 0.394 e. The van der Waals surface area contributed by atoms with Gasteiger partial charge in [0.25, 0.3) is 0 Å². The van der Waals surface area contributed by atoms with Gasteiger partial charge in [-0.05, 0) is 24.1 Å². The molecule has 0 aliphatic rings. The summed E-state index contributed by atoms with van der Waals surface area (Å²) >= 11 is 0. The van der Waals surface area contributed by atoms with Crippen LogP contribution in [0.1, 0.15) is 24.9 Å². The van der Waals surface area contributed by atoms with Gasteiger partial charge in [-0.2, -0.15) is 5.10 Å². The third-order valence-corrected chi connectivity index (χ3v) is 3.52. The molecule has 0 fully saturated rings. The fraction of sp³-hybridized carbons (Fsp3) is 0.438. The third kappa shape index (κ3) is 3.98. The van der Waals surface area contributed by atoms with Crippen LogP contribution in [-0.4, -0.2) is 35.6 Å². The van der Waals surface area contributed by atoms with Gasteiger partial charge in [0.2, 0.25) is 0 Å². The normalized spacial score (nSPS) is 12.2. The monoisotopic (exact) mass is 288 g/mol. The molecular weight excluding hydrogens is 264 g/mol. The lowest BCUT2D eigenvalue weighted by Crippen LogP contribution is -2.11. The van der Waals surface area contributed by atoms with Gasteiger partial charge in [-0.1, -0.05) is 19.1 Å². The lowest BCUT2D eigenvalue weighted by molar-refractivity contribution is 0.269. The van der Waals surface area contributed by atoms with Crippen LogP contribution in [0.5, 0.6) is 0 Å². The molecule has 0 radical (unpaired) electrons. The fourth-order valence-electron chi connectivity index (χ4n) is 2.29. The second-order valence-electron chi connectivity index (χ2n) is 5.31. The molecule has 0 amide bonds. The Morgan fingerprint density at radius 2 is 2.00 bits per heavy atom. The van der Waals surface area contributed by atoms with E-state index in [1.165, 1.54) is 11.3 Å². The van der Waals surface area contributed by atoms with Gasteiger partial charge < -0.3 is 15.3 Å². The van der Waals surface area contributed by atoms with Gasteiger partial charge in [-0.25, -0.2) is 0 Å². The van der Waals surface area contributed by atoms with Crippen LogP contribution in [0, 0.1) is 0 Å². The first-order valence-corrected chi connectivity index (χ1v) is 7.31. The molecule has 21 heavy (non-hydrogen) atoms. The number of benzene rings is 1. The molecule has 2 N–H and O–H groups in total. The van der Waals surface area contributed by atoms with Crippen molar-refractivity contribution in [1.82, 2.24) is 9.78 Å². The Morgan fingerprint density at radius 1 is 1.29 bits per heavy atom. The standard InChI is InChI=1S/C16H24N4O/c1-4-16(13-5-7-15(8-6-13)19(2)3)18-14-11-17-20(12-14)9-10-21/h5-8,11-12,16,18,21H,4,9-10H2,1-3H3. The molecule has 0 spiro atoms. The van der Waals surface area contributed by atoms with Crippen LogP contribution in [0.2, 0.25) is 0 Å². The summed E-state index contributed by atoms with van der Waals surface area (Å²) in [6.07, 6.45) is 4.71. The van der Waals surface area contributed by atoms with Crippen LogP contribution < -0.4 is 10.2 Å². The highest BCUT2D eigenvalue weighted by molar-refractivity contribution is 5.48. The van der Waals surface area contributed by atoms with Gasteiger partial charge in [0.1, 0.15) is 0 Å². The van der Waals surface area contributed by atoms with Crippen LogP contribution in [0.15, 0.2) is 36.7 Å². The summed E-state index contributed by atoms with van der Waals surface area (Å²) in [5.41, 5.74) is 3.44. The van der Waals surface area contributed by atoms with E-state index in [1.807, 2.05) is 20.3 Å². The molecule has 1 unspecified atom stereocenters. The Labute approximate surface area is 126 Å². The highest BCUT2D eigenvalue weighted by Gasteiger charge is 2.10. The zero-order valence-electron chi connectivity index (χ0n) is 13.0. The predicted octanol–water partition coefficient (Wildman–Crippen LogP) is 2.50. The quantitative estimate of drug-likeness (QED) is 0.822. The van der Waals surface area contributed by atoms with Gasteiger partial charge in [-0.3, -0.25) is 4.68 Å². The number of anilines is 2. The van der Waals surface area contributed by atoms with Gasteiger partial charge in [0.05, 0.1) is 31.1 Å². The van der Waals surface area contributed by atoms with E-state index in [1.54, 1.807) is 10.9 Å². The van der Waals surface area contributed by atoms with Crippen molar-refractivity contribution < 1.29 is 5.11 Å². The Hall–Kier alpha value is -2.01. The first-order chi connectivity index (χ1) is 10.1. The van der Waals surface area contributed by atoms with E-state index < -0.39 is 0 Å². The van der Waals surface area contributed by atoms with Crippen LogP contribution >= 0.6 is 0 Å². The summed E-state index contributed by atoms with van der Waals surface area (Å²) < 4.78 is 1.74. The van der Waals surface area contributed by atoms with E-state index in [0.29, 0.717) is 6.54 Å². The summed E-state index contributed by atoms with van der Waals surface area (Å²) in [5, 5.41) is 16.6. The SMILES string of the molecule is CCC(Nc1cnn(CCO)c1)c1ccc(N(C)C)cc1. The molecule has 5 heteroatoms. The van der Waals surface area contributed by atoms with Crippen molar-refractivity contribution in [3.05, 3.63) is 42.2 Å². The maximum Gasteiger partial charge on any atom is 0.0731 e. The van der Waals surface area contributed by atoms with Crippen molar-refractivity contribution in [1.29, 1.82) is 0 Å². The maximum absolute atomic E-state index is 8.92. The van der Waals surface area contributed by atoms with Crippen molar-refractivity contribution in [3.8, 4) is 0 Å². The highest BCUT2D eigenvalue weighted by atomic mass is 16.3. The molecule has 114 valence electrons. The lowest BCUT2D eigenvalue weighted by Gasteiger charge is -2.19. The maximum atomic E-state index is 8.92. The van der Waals surface area contributed by atoms with Gasteiger partial charge >= 0.3 is 0 Å². The number of rotatable bonds is 7. The summed E-state index contributed by atoms with van der Waals surface area (Å²) in [5.74, 6) is 0. The van der Waals surface area contributed by atoms with Crippen molar-refractivity contribution in [2.24, 2.45) is 0 Å². The number of nitrogens with one attached hydrogen (secondary N) is 1. The molecular formula is C16H24N4O. The molecule has 0 saturated heterocycles. The summed E-state index contributed by atoms with van der Waals surface area (Å²) in [6, 6.07) is 8.85. The Balaban J connectivity index is 2.07. The van der Waals surface area contributed by atoms with Crippen LogP contribution in [0.4, 0.5) is 11.4 Å². The molecule has 5 nitrogen and oxygen atoms in total. The molecule has 0 aliphatic carbocycles.